The Morgan fingerprint density at radius 1 is 1.06 bits per heavy atom. The lowest BCUT2D eigenvalue weighted by molar-refractivity contribution is -0.919. The van der Waals surface area contributed by atoms with Crippen LogP contribution in [0.15, 0.2) is 48.5 Å². The van der Waals surface area contributed by atoms with Gasteiger partial charge in [0, 0.05) is 30.6 Å². The van der Waals surface area contributed by atoms with Crippen molar-refractivity contribution in [1.82, 2.24) is 0 Å². The normalized spacial score (nSPS) is 23.7. The van der Waals surface area contributed by atoms with Crippen LogP contribution in [0.4, 0.5) is 11.4 Å². The molecule has 2 N–H and O–H groups in total. The number of hydrogen-bond donors (Lipinski definition) is 2. The van der Waals surface area contributed by atoms with Gasteiger partial charge in [-0.2, -0.15) is 0 Å². The number of carbonyl (C=O) groups is 2. The molecule has 2 aromatic carbocycles. The first-order valence-electron chi connectivity index (χ1n) is 10.9. The largest absolute Gasteiger partial charge is 0.497 e. The Balaban J connectivity index is 1.34. The summed E-state index contributed by atoms with van der Waals surface area (Å²) in [5, 5.41) is 3.58. The summed E-state index contributed by atoms with van der Waals surface area (Å²) in [6.07, 6.45) is 2.18. The number of rotatable bonds is 7. The Hall–Kier alpha value is -3.06. The predicted molar refractivity (Wildman–Crippen MR) is 119 cm³/mol. The number of anilines is 2. The first-order chi connectivity index (χ1) is 15.1. The maximum Gasteiger partial charge on any atom is 0.292 e. The van der Waals surface area contributed by atoms with Gasteiger partial charge in [-0.05, 0) is 43.3 Å². The van der Waals surface area contributed by atoms with Crippen LogP contribution < -0.4 is 24.6 Å². The summed E-state index contributed by atoms with van der Waals surface area (Å²) in [5.41, 5.74) is 1.66. The standard InChI is InChI=1S/C24H29N3O4/c1-3-31-20-9-7-17(8-10-20)25-18-11-13-26(14-12-18)22-16-23(28)27(24(22)29)19-5-4-6-21(15-19)30-2/h4-10,15,18,22,25H,3,11-14,16H2,1-2H3/p+1/t22-/m1/s1. The van der Waals surface area contributed by atoms with Gasteiger partial charge < -0.3 is 19.7 Å². The van der Waals surface area contributed by atoms with Crippen molar-refractivity contribution >= 4 is 23.2 Å². The Labute approximate surface area is 182 Å². The summed E-state index contributed by atoms with van der Waals surface area (Å²) in [6.45, 7) is 4.36. The van der Waals surface area contributed by atoms with Crippen LogP contribution in [0.2, 0.25) is 0 Å². The molecule has 2 aromatic rings. The fraction of sp³-hybridized carbons (Fsp3) is 0.417. The molecule has 164 valence electrons. The number of quaternary nitrogens is 1. The number of benzene rings is 2. The lowest BCUT2D eigenvalue weighted by Gasteiger charge is -2.32. The highest BCUT2D eigenvalue weighted by atomic mass is 16.5. The van der Waals surface area contributed by atoms with E-state index < -0.39 is 0 Å². The third kappa shape index (κ3) is 4.66. The van der Waals surface area contributed by atoms with Crippen molar-refractivity contribution in [3.05, 3.63) is 48.5 Å². The zero-order valence-corrected chi connectivity index (χ0v) is 18.1. The number of methoxy groups -OCH3 is 1. The number of piperidine rings is 1. The van der Waals surface area contributed by atoms with Crippen molar-refractivity contribution in [2.45, 2.75) is 38.3 Å². The van der Waals surface area contributed by atoms with Crippen LogP contribution in [0.1, 0.15) is 26.2 Å². The van der Waals surface area contributed by atoms with E-state index in [9.17, 15) is 9.59 Å². The molecule has 0 radical (unpaired) electrons. The summed E-state index contributed by atoms with van der Waals surface area (Å²) in [6, 6.07) is 15.2. The van der Waals surface area contributed by atoms with Crippen molar-refractivity contribution in [1.29, 1.82) is 0 Å². The molecule has 2 amide bonds. The Kier molecular flexibility index (Phi) is 6.42. The molecular formula is C24H30N3O4+. The molecule has 7 nitrogen and oxygen atoms in total. The van der Waals surface area contributed by atoms with Gasteiger partial charge in [-0.1, -0.05) is 6.07 Å². The molecule has 0 unspecified atom stereocenters. The monoisotopic (exact) mass is 424 g/mol. The maximum atomic E-state index is 13.1. The SMILES string of the molecule is CCOc1ccc(NC2CC[NH+]([C@@H]3CC(=O)N(c4cccc(OC)c4)C3=O)CC2)cc1. The third-order valence-electron chi connectivity index (χ3n) is 6.11. The zero-order valence-electron chi connectivity index (χ0n) is 18.1. The minimum absolute atomic E-state index is 0.105. The quantitative estimate of drug-likeness (QED) is 0.664. The van der Waals surface area contributed by atoms with Crippen LogP contribution in [0.3, 0.4) is 0 Å². The summed E-state index contributed by atoms with van der Waals surface area (Å²) < 4.78 is 10.7. The topological polar surface area (TPSA) is 72.3 Å². The van der Waals surface area contributed by atoms with Crippen LogP contribution in [0.25, 0.3) is 0 Å². The first-order valence-corrected chi connectivity index (χ1v) is 10.9. The van der Waals surface area contributed by atoms with E-state index in [0.29, 0.717) is 24.1 Å². The molecule has 1 atom stereocenters. The molecule has 2 heterocycles. The minimum Gasteiger partial charge on any atom is -0.497 e. The summed E-state index contributed by atoms with van der Waals surface area (Å²) in [4.78, 5) is 28.3. The van der Waals surface area contributed by atoms with Crippen LogP contribution in [-0.4, -0.2) is 50.7 Å². The lowest BCUT2D eigenvalue weighted by atomic mass is 10.0. The van der Waals surface area contributed by atoms with Gasteiger partial charge in [-0.15, -0.1) is 0 Å². The molecule has 2 fully saturated rings. The van der Waals surface area contributed by atoms with E-state index in [1.54, 1.807) is 31.4 Å². The molecule has 2 aliphatic rings. The van der Waals surface area contributed by atoms with Gasteiger partial charge in [0.15, 0.2) is 6.04 Å². The predicted octanol–water partition coefficient (Wildman–Crippen LogP) is 1.89. The third-order valence-corrected chi connectivity index (χ3v) is 6.11. The molecule has 2 saturated heterocycles. The Bertz CT molecular complexity index is 923. The highest BCUT2D eigenvalue weighted by molar-refractivity contribution is 6.21. The van der Waals surface area contributed by atoms with Gasteiger partial charge in [-0.25, -0.2) is 4.90 Å². The van der Waals surface area contributed by atoms with Crippen molar-refractivity contribution in [2.24, 2.45) is 0 Å². The van der Waals surface area contributed by atoms with Crippen LogP contribution >= 0.6 is 0 Å². The van der Waals surface area contributed by atoms with E-state index in [0.717, 1.165) is 37.4 Å². The van der Waals surface area contributed by atoms with E-state index in [-0.39, 0.29) is 24.3 Å². The van der Waals surface area contributed by atoms with Crippen molar-refractivity contribution in [3.8, 4) is 11.5 Å². The number of carbonyl (C=O) groups excluding carboxylic acids is 2. The molecular weight excluding hydrogens is 394 g/mol. The highest BCUT2D eigenvalue weighted by Crippen LogP contribution is 2.26. The molecule has 0 aliphatic carbocycles. The van der Waals surface area contributed by atoms with Crippen molar-refractivity contribution < 1.29 is 24.0 Å². The van der Waals surface area contributed by atoms with Gasteiger partial charge in [0.1, 0.15) is 11.5 Å². The summed E-state index contributed by atoms with van der Waals surface area (Å²) >= 11 is 0. The first kappa shape index (κ1) is 21.2. The molecule has 0 aromatic heterocycles. The van der Waals surface area contributed by atoms with Gasteiger partial charge in [0.25, 0.3) is 5.91 Å². The number of likely N-dealkylation sites (tertiary alicyclic amines) is 1. The average molecular weight is 425 g/mol. The maximum absolute atomic E-state index is 13.1. The molecule has 7 heteroatoms. The highest BCUT2D eigenvalue weighted by Gasteiger charge is 2.46. The van der Waals surface area contributed by atoms with Crippen LogP contribution in [-0.2, 0) is 9.59 Å². The fourth-order valence-corrected chi connectivity index (χ4v) is 4.50. The van der Waals surface area contributed by atoms with Crippen molar-refractivity contribution in [3.63, 3.8) is 0 Å². The number of nitrogens with zero attached hydrogens (tertiary/aromatic N) is 1. The second kappa shape index (κ2) is 9.39. The molecule has 4 rings (SSSR count). The van der Waals surface area contributed by atoms with Gasteiger partial charge in [0.2, 0.25) is 5.91 Å². The number of ether oxygens (including phenoxy) is 2. The smallest absolute Gasteiger partial charge is 0.292 e. The van der Waals surface area contributed by atoms with Crippen LogP contribution in [0, 0.1) is 0 Å². The van der Waals surface area contributed by atoms with Crippen LogP contribution in [0.5, 0.6) is 11.5 Å². The molecule has 0 spiro atoms. The fourth-order valence-electron chi connectivity index (χ4n) is 4.50. The van der Waals surface area contributed by atoms with E-state index in [4.69, 9.17) is 9.47 Å². The number of hydrogen-bond acceptors (Lipinski definition) is 5. The molecule has 2 aliphatic heterocycles. The Morgan fingerprint density at radius 2 is 1.81 bits per heavy atom. The van der Waals surface area contributed by atoms with Crippen molar-refractivity contribution in [2.75, 3.05) is 37.0 Å². The average Bonchev–Trinajstić information content (AvgIpc) is 3.09. The summed E-state index contributed by atoms with van der Waals surface area (Å²) in [5.74, 6) is 1.27. The molecule has 0 saturated carbocycles. The Morgan fingerprint density at radius 3 is 2.48 bits per heavy atom. The zero-order chi connectivity index (χ0) is 21.8. The second-order valence-corrected chi connectivity index (χ2v) is 8.06. The van der Waals surface area contributed by atoms with Gasteiger partial charge in [-0.3, -0.25) is 9.59 Å². The number of nitrogens with one attached hydrogen (secondary N) is 2. The van der Waals surface area contributed by atoms with E-state index >= 15 is 0 Å². The van der Waals surface area contributed by atoms with Gasteiger partial charge in [0.05, 0.1) is 38.9 Å². The van der Waals surface area contributed by atoms with E-state index in [2.05, 4.69) is 5.32 Å². The molecule has 31 heavy (non-hydrogen) atoms. The lowest BCUT2D eigenvalue weighted by Crippen LogP contribution is -3.17. The van der Waals surface area contributed by atoms with Gasteiger partial charge >= 0.3 is 0 Å². The van der Waals surface area contributed by atoms with E-state index in [1.165, 1.54) is 9.80 Å². The summed E-state index contributed by atoms with van der Waals surface area (Å²) in [7, 11) is 1.57. The second-order valence-electron chi connectivity index (χ2n) is 8.06. The minimum atomic E-state index is -0.301. The molecule has 0 bridgehead atoms. The van der Waals surface area contributed by atoms with E-state index in [1.807, 2.05) is 31.2 Å². The number of imide groups is 1. The number of amides is 2.